The third-order valence-corrected chi connectivity index (χ3v) is 5.89. The highest BCUT2D eigenvalue weighted by molar-refractivity contribution is 6.56. The molecule has 168 valence electrons. The zero-order chi connectivity index (χ0) is 23.4. The van der Waals surface area contributed by atoms with Crippen LogP contribution in [0, 0.1) is 0 Å². The Morgan fingerprint density at radius 2 is 1.56 bits per heavy atom. The van der Waals surface area contributed by atoms with Gasteiger partial charge in [0.05, 0.1) is 11.2 Å². The molecule has 1 amide bonds. The summed E-state index contributed by atoms with van der Waals surface area (Å²) in [4.78, 5) is 24.4. The van der Waals surface area contributed by atoms with Crippen molar-refractivity contribution in [1.29, 1.82) is 0 Å². The Morgan fingerprint density at radius 1 is 0.969 bits per heavy atom. The molecule has 0 bridgehead atoms. The molecule has 32 heavy (non-hydrogen) atoms. The summed E-state index contributed by atoms with van der Waals surface area (Å²) in [5.41, 5.74) is 1.85. The van der Waals surface area contributed by atoms with E-state index < -0.39 is 24.4 Å². The van der Waals surface area contributed by atoms with Crippen LogP contribution in [0.25, 0.3) is 6.08 Å². The summed E-state index contributed by atoms with van der Waals surface area (Å²) in [7, 11) is -0.672. The number of alkyl carbamates (subject to hydrolysis) is 1. The molecule has 1 fully saturated rings. The molecule has 1 saturated heterocycles. The van der Waals surface area contributed by atoms with Crippen molar-refractivity contribution in [3.63, 3.8) is 0 Å². The summed E-state index contributed by atoms with van der Waals surface area (Å²) < 4.78 is 17.7. The molecule has 0 unspecified atom stereocenters. The highest BCUT2D eigenvalue weighted by Crippen LogP contribution is 2.38. The monoisotopic (exact) mass is 435 g/mol. The van der Waals surface area contributed by atoms with Crippen molar-refractivity contribution in [3.05, 3.63) is 76.8 Å². The van der Waals surface area contributed by atoms with E-state index in [1.807, 2.05) is 82.3 Å². The molecule has 6 nitrogen and oxygen atoms in total. The number of Topliss-reactive ketones (excluding diaryl/α,β-unsaturated/α-hetero) is 1. The highest BCUT2D eigenvalue weighted by Gasteiger charge is 2.52. The Bertz CT molecular complexity index is 984. The van der Waals surface area contributed by atoms with Gasteiger partial charge in [-0.05, 0) is 51.2 Å². The zero-order valence-corrected chi connectivity index (χ0v) is 19.3. The number of hydrogen-bond acceptors (Lipinski definition) is 5. The molecule has 1 aliphatic heterocycles. The van der Waals surface area contributed by atoms with Crippen LogP contribution in [0.5, 0.6) is 0 Å². The lowest BCUT2D eigenvalue weighted by Gasteiger charge is -2.32. The van der Waals surface area contributed by atoms with Gasteiger partial charge in [0.2, 0.25) is 0 Å². The SMILES string of the molecule is CC(=O)c1ccccc1C=C(CNC(=O)OCc1ccccc1)B1OC(C)(C)C(C)(C)O1. The van der Waals surface area contributed by atoms with Crippen LogP contribution in [-0.2, 0) is 20.7 Å². The van der Waals surface area contributed by atoms with Crippen LogP contribution >= 0.6 is 0 Å². The third-order valence-electron chi connectivity index (χ3n) is 5.89. The Labute approximate surface area is 190 Å². The molecule has 1 heterocycles. The van der Waals surface area contributed by atoms with Crippen molar-refractivity contribution in [2.45, 2.75) is 52.4 Å². The lowest BCUT2D eigenvalue weighted by molar-refractivity contribution is 0.00578. The second-order valence-corrected chi connectivity index (χ2v) is 8.87. The number of ether oxygens (including phenoxy) is 1. The van der Waals surface area contributed by atoms with E-state index in [0.29, 0.717) is 11.0 Å². The first-order valence-corrected chi connectivity index (χ1v) is 10.7. The van der Waals surface area contributed by atoms with E-state index in [1.54, 1.807) is 6.07 Å². The van der Waals surface area contributed by atoms with Crippen molar-refractivity contribution in [1.82, 2.24) is 5.32 Å². The first-order chi connectivity index (χ1) is 15.1. The maximum atomic E-state index is 12.3. The van der Waals surface area contributed by atoms with E-state index in [0.717, 1.165) is 11.1 Å². The maximum absolute atomic E-state index is 12.3. The summed E-state index contributed by atoms with van der Waals surface area (Å²) in [5, 5.41) is 2.78. The van der Waals surface area contributed by atoms with Crippen molar-refractivity contribution < 1.29 is 23.6 Å². The van der Waals surface area contributed by atoms with Gasteiger partial charge in [0.25, 0.3) is 0 Å². The van der Waals surface area contributed by atoms with E-state index >= 15 is 0 Å². The molecule has 1 aliphatic rings. The van der Waals surface area contributed by atoms with Gasteiger partial charge in [0, 0.05) is 12.1 Å². The number of benzene rings is 2. The van der Waals surface area contributed by atoms with E-state index in [9.17, 15) is 9.59 Å². The van der Waals surface area contributed by atoms with Crippen molar-refractivity contribution >= 4 is 25.1 Å². The number of rotatable bonds is 7. The number of carbonyl (C=O) groups is 2. The molecule has 0 radical (unpaired) electrons. The smallest absolute Gasteiger partial charge is 0.445 e. The van der Waals surface area contributed by atoms with E-state index in [4.69, 9.17) is 14.0 Å². The first kappa shape index (κ1) is 23.8. The lowest BCUT2D eigenvalue weighted by Crippen LogP contribution is -2.41. The number of hydrogen-bond donors (Lipinski definition) is 1. The normalized spacial score (nSPS) is 17.2. The molecule has 7 heteroatoms. The molecule has 2 aromatic rings. The summed E-state index contributed by atoms with van der Waals surface area (Å²) in [6.07, 6.45) is 1.30. The van der Waals surface area contributed by atoms with E-state index in [-0.39, 0.29) is 18.9 Å². The second kappa shape index (κ2) is 9.71. The van der Waals surface area contributed by atoms with Gasteiger partial charge in [-0.15, -0.1) is 0 Å². The Hall–Kier alpha value is -2.90. The van der Waals surface area contributed by atoms with Crippen LogP contribution in [0.4, 0.5) is 4.79 Å². The van der Waals surface area contributed by atoms with Crippen LogP contribution in [0.15, 0.2) is 60.1 Å². The molecule has 3 rings (SSSR count). The molecule has 2 aromatic carbocycles. The van der Waals surface area contributed by atoms with E-state index in [1.165, 1.54) is 6.92 Å². The number of amides is 1. The number of ketones is 1. The Kier molecular flexibility index (Phi) is 7.21. The second-order valence-electron chi connectivity index (χ2n) is 8.87. The molecule has 0 aliphatic carbocycles. The average Bonchev–Trinajstić information content (AvgIpc) is 2.97. The first-order valence-electron chi connectivity index (χ1n) is 10.7. The molecule has 1 N–H and O–H groups in total. The summed E-state index contributed by atoms with van der Waals surface area (Å²) in [6, 6.07) is 16.8. The minimum atomic E-state index is -0.672. The molecule has 0 saturated carbocycles. The lowest BCUT2D eigenvalue weighted by atomic mass is 9.76. The topological polar surface area (TPSA) is 73.9 Å². The fourth-order valence-electron chi connectivity index (χ4n) is 3.29. The molecular formula is C25H30BNO5. The summed E-state index contributed by atoms with van der Waals surface area (Å²) in [6.45, 7) is 9.73. The van der Waals surface area contributed by atoms with Crippen LogP contribution in [-0.4, -0.2) is 36.7 Å². The number of carbonyl (C=O) groups excluding carboxylic acids is 2. The molecule has 0 atom stereocenters. The molecule has 0 spiro atoms. The van der Waals surface area contributed by atoms with Crippen LogP contribution in [0.1, 0.15) is 56.1 Å². The van der Waals surface area contributed by atoms with Crippen LogP contribution in [0.3, 0.4) is 0 Å². The predicted octanol–water partition coefficient (Wildman–Crippen LogP) is 4.83. The van der Waals surface area contributed by atoms with Gasteiger partial charge in [-0.2, -0.15) is 0 Å². The van der Waals surface area contributed by atoms with Gasteiger partial charge in [-0.3, -0.25) is 4.79 Å². The minimum absolute atomic E-state index is 0.0413. The van der Waals surface area contributed by atoms with Crippen molar-refractivity contribution in [3.8, 4) is 0 Å². The quantitative estimate of drug-likeness (QED) is 0.498. The molecular weight excluding hydrogens is 405 g/mol. The van der Waals surface area contributed by atoms with Crippen molar-refractivity contribution in [2.24, 2.45) is 0 Å². The van der Waals surface area contributed by atoms with Gasteiger partial charge >= 0.3 is 13.2 Å². The predicted molar refractivity (Wildman–Crippen MR) is 125 cm³/mol. The Balaban J connectivity index is 1.79. The average molecular weight is 435 g/mol. The van der Waals surface area contributed by atoms with Crippen molar-refractivity contribution in [2.75, 3.05) is 6.54 Å². The fourth-order valence-corrected chi connectivity index (χ4v) is 3.29. The van der Waals surface area contributed by atoms with Gasteiger partial charge in [0.1, 0.15) is 6.61 Å². The summed E-state index contributed by atoms with van der Waals surface area (Å²) in [5.74, 6) is -0.0413. The van der Waals surface area contributed by atoms with Crippen LogP contribution in [0.2, 0.25) is 0 Å². The number of nitrogens with one attached hydrogen (secondary N) is 1. The molecule has 0 aromatic heterocycles. The fraction of sp³-hybridized carbons (Fsp3) is 0.360. The Morgan fingerprint density at radius 3 is 2.19 bits per heavy atom. The third kappa shape index (κ3) is 5.66. The largest absolute Gasteiger partial charge is 0.492 e. The van der Waals surface area contributed by atoms with Gasteiger partial charge in [0.15, 0.2) is 5.78 Å². The maximum Gasteiger partial charge on any atom is 0.492 e. The van der Waals surface area contributed by atoms with Gasteiger partial charge in [-0.1, -0.05) is 60.7 Å². The minimum Gasteiger partial charge on any atom is -0.445 e. The van der Waals surface area contributed by atoms with Gasteiger partial charge in [-0.25, -0.2) is 4.79 Å². The highest BCUT2D eigenvalue weighted by atomic mass is 16.7. The standard InChI is InChI=1S/C25H30BNO5/c1-18(28)22-14-10-9-13-20(22)15-21(26-31-24(2,3)25(4,5)32-26)16-27-23(29)30-17-19-11-7-6-8-12-19/h6-15H,16-17H2,1-5H3,(H,27,29). The van der Waals surface area contributed by atoms with E-state index in [2.05, 4.69) is 5.32 Å². The zero-order valence-electron chi connectivity index (χ0n) is 19.3. The van der Waals surface area contributed by atoms with Gasteiger partial charge < -0.3 is 19.4 Å². The summed E-state index contributed by atoms with van der Waals surface area (Å²) >= 11 is 0. The van der Waals surface area contributed by atoms with Crippen LogP contribution < -0.4 is 5.32 Å².